The van der Waals surface area contributed by atoms with Crippen LogP contribution in [0.15, 0.2) is 24.3 Å². The predicted molar refractivity (Wildman–Crippen MR) is 78.2 cm³/mol. The number of hydrogen-bond acceptors (Lipinski definition) is 3. The molecule has 2 aromatic rings. The third-order valence-electron chi connectivity index (χ3n) is 2.83. The van der Waals surface area contributed by atoms with Crippen molar-refractivity contribution in [3.05, 3.63) is 41.2 Å². The van der Waals surface area contributed by atoms with Gasteiger partial charge in [0, 0.05) is 5.56 Å². The minimum atomic E-state index is -0.174. The molecule has 5 heteroatoms. The molecule has 0 radical (unpaired) electrons. The molecule has 1 aromatic heterocycles. The molecule has 1 heterocycles. The van der Waals surface area contributed by atoms with Gasteiger partial charge in [0.15, 0.2) is 0 Å². The maximum atomic E-state index is 12.2. The van der Waals surface area contributed by atoms with Crippen LogP contribution in [-0.2, 0) is 0 Å². The number of amides is 1. The number of H-pyrrole nitrogens is 1. The Kier molecular flexibility index (Phi) is 4.08. The molecule has 2 rings (SSSR count). The van der Waals surface area contributed by atoms with E-state index in [1.54, 1.807) is 12.1 Å². The summed E-state index contributed by atoms with van der Waals surface area (Å²) in [5.41, 5.74) is 2.89. The first-order valence-corrected chi connectivity index (χ1v) is 6.57. The number of rotatable bonds is 4. The molecular weight excluding hydrogens is 254 g/mol. The van der Waals surface area contributed by atoms with E-state index >= 15 is 0 Å². The molecular formula is C15H19N3O2. The van der Waals surface area contributed by atoms with E-state index in [4.69, 9.17) is 4.74 Å². The van der Waals surface area contributed by atoms with Gasteiger partial charge >= 0.3 is 0 Å². The van der Waals surface area contributed by atoms with Gasteiger partial charge in [0.05, 0.1) is 23.2 Å². The molecule has 2 N–H and O–H groups in total. The Morgan fingerprint density at radius 2 is 2.10 bits per heavy atom. The average molecular weight is 273 g/mol. The van der Waals surface area contributed by atoms with Crippen LogP contribution >= 0.6 is 0 Å². The highest BCUT2D eigenvalue weighted by molar-refractivity contribution is 6.05. The zero-order chi connectivity index (χ0) is 14.7. The fraction of sp³-hybridized carbons (Fsp3) is 0.333. The van der Waals surface area contributed by atoms with Crippen molar-refractivity contribution in [3.63, 3.8) is 0 Å². The number of aromatic amines is 1. The summed E-state index contributed by atoms with van der Waals surface area (Å²) in [7, 11) is 0. The second-order valence-electron chi connectivity index (χ2n) is 4.96. The quantitative estimate of drug-likeness (QED) is 0.899. The van der Waals surface area contributed by atoms with Crippen molar-refractivity contribution in [1.82, 2.24) is 10.2 Å². The minimum absolute atomic E-state index is 0.0756. The van der Waals surface area contributed by atoms with E-state index in [2.05, 4.69) is 15.5 Å². The largest absolute Gasteiger partial charge is 0.491 e. The maximum Gasteiger partial charge on any atom is 0.255 e. The zero-order valence-corrected chi connectivity index (χ0v) is 12.2. The summed E-state index contributed by atoms with van der Waals surface area (Å²) in [5, 5.41) is 9.76. The Bertz CT molecular complexity index is 598. The number of carbonyl (C=O) groups excluding carboxylic acids is 1. The molecule has 20 heavy (non-hydrogen) atoms. The number of nitrogens with one attached hydrogen (secondary N) is 2. The number of anilines is 1. The molecule has 0 aliphatic rings. The number of aryl methyl sites for hydroxylation is 2. The Morgan fingerprint density at radius 3 is 2.70 bits per heavy atom. The lowest BCUT2D eigenvalue weighted by molar-refractivity contribution is 0.102. The smallest absolute Gasteiger partial charge is 0.255 e. The summed E-state index contributed by atoms with van der Waals surface area (Å²) in [6, 6.07) is 7.14. The Balaban J connectivity index is 2.17. The molecule has 0 saturated heterocycles. The van der Waals surface area contributed by atoms with Crippen LogP contribution in [0.1, 0.15) is 35.6 Å². The third kappa shape index (κ3) is 3.17. The van der Waals surface area contributed by atoms with Crippen LogP contribution in [0.2, 0.25) is 0 Å². The van der Waals surface area contributed by atoms with E-state index in [0.29, 0.717) is 11.3 Å². The van der Waals surface area contributed by atoms with Gasteiger partial charge in [-0.2, -0.15) is 5.10 Å². The van der Waals surface area contributed by atoms with Crippen LogP contribution in [0.5, 0.6) is 5.75 Å². The van der Waals surface area contributed by atoms with Crippen molar-refractivity contribution >= 4 is 11.6 Å². The van der Waals surface area contributed by atoms with Gasteiger partial charge in [-0.25, -0.2) is 0 Å². The van der Waals surface area contributed by atoms with Crippen LogP contribution in [-0.4, -0.2) is 22.2 Å². The lowest BCUT2D eigenvalue weighted by Gasteiger charge is -2.11. The van der Waals surface area contributed by atoms with E-state index < -0.39 is 0 Å². The van der Waals surface area contributed by atoms with E-state index in [1.165, 1.54) is 0 Å². The monoisotopic (exact) mass is 273 g/mol. The summed E-state index contributed by atoms with van der Waals surface area (Å²) in [5.74, 6) is 0.514. The summed E-state index contributed by atoms with van der Waals surface area (Å²) in [6.45, 7) is 7.61. The van der Waals surface area contributed by atoms with Crippen molar-refractivity contribution < 1.29 is 9.53 Å². The standard InChI is InChI=1S/C15H19N3O2/c1-9(2)20-13-7-5-6-12(8-13)15(19)16-14-10(3)17-18-11(14)4/h5-9H,1-4H3,(H,16,19)(H,17,18). The van der Waals surface area contributed by atoms with E-state index in [9.17, 15) is 4.79 Å². The fourth-order valence-corrected chi connectivity index (χ4v) is 1.90. The number of carbonyl (C=O) groups is 1. The first-order chi connectivity index (χ1) is 9.47. The van der Waals surface area contributed by atoms with Gasteiger partial charge in [-0.05, 0) is 45.9 Å². The third-order valence-corrected chi connectivity index (χ3v) is 2.83. The molecule has 0 bridgehead atoms. The van der Waals surface area contributed by atoms with E-state index in [-0.39, 0.29) is 12.0 Å². The van der Waals surface area contributed by atoms with Crippen molar-refractivity contribution in [2.24, 2.45) is 0 Å². The number of aromatic nitrogens is 2. The van der Waals surface area contributed by atoms with Crippen molar-refractivity contribution in [3.8, 4) is 5.75 Å². The predicted octanol–water partition coefficient (Wildman–Crippen LogP) is 3.07. The molecule has 0 aliphatic heterocycles. The molecule has 0 saturated carbocycles. The fourth-order valence-electron chi connectivity index (χ4n) is 1.90. The second kappa shape index (κ2) is 5.77. The average Bonchev–Trinajstić information content (AvgIpc) is 2.70. The molecule has 0 atom stereocenters. The van der Waals surface area contributed by atoms with Gasteiger partial charge in [0.1, 0.15) is 5.75 Å². The summed E-state index contributed by atoms with van der Waals surface area (Å²) in [4.78, 5) is 12.2. The number of hydrogen-bond donors (Lipinski definition) is 2. The molecule has 0 aliphatic carbocycles. The molecule has 0 spiro atoms. The number of ether oxygens (including phenoxy) is 1. The topological polar surface area (TPSA) is 67.0 Å². The van der Waals surface area contributed by atoms with Crippen LogP contribution in [0.4, 0.5) is 5.69 Å². The molecule has 106 valence electrons. The van der Waals surface area contributed by atoms with Crippen LogP contribution in [0, 0.1) is 13.8 Å². The van der Waals surface area contributed by atoms with Crippen molar-refractivity contribution in [1.29, 1.82) is 0 Å². The Hall–Kier alpha value is -2.30. The highest BCUT2D eigenvalue weighted by Gasteiger charge is 2.12. The zero-order valence-electron chi connectivity index (χ0n) is 12.2. The van der Waals surface area contributed by atoms with Crippen LogP contribution in [0.25, 0.3) is 0 Å². The van der Waals surface area contributed by atoms with Gasteiger partial charge in [-0.3, -0.25) is 9.89 Å². The minimum Gasteiger partial charge on any atom is -0.491 e. The van der Waals surface area contributed by atoms with Gasteiger partial charge in [0.25, 0.3) is 5.91 Å². The van der Waals surface area contributed by atoms with Gasteiger partial charge in [-0.1, -0.05) is 6.07 Å². The molecule has 1 amide bonds. The molecule has 0 fully saturated rings. The lowest BCUT2D eigenvalue weighted by atomic mass is 10.2. The molecule has 5 nitrogen and oxygen atoms in total. The van der Waals surface area contributed by atoms with Crippen LogP contribution < -0.4 is 10.1 Å². The molecule has 1 aromatic carbocycles. The summed E-state index contributed by atoms with van der Waals surface area (Å²) >= 11 is 0. The van der Waals surface area contributed by atoms with Gasteiger partial charge in [0.2, 0.25) is 0 Å². The van der Waals surface area contributed by atoms with Gasteiger partial charge in [-0.15, -0.1) is 0 Å². The Morgan fingerprint density at radius 1 is 1.35 bits per heavy atom. The first kappa shape index (κ1) is 14.1. The second-order valence-corrected chi connectivity index (χ2v) is 4.96. The van der Waals surface area contributed by atoms with Crippen LogP contribution in [0.3, 0.4) is 0 Å². The van der Waals surface area contributed by atoms with Gasteiger partial charge < -0.3 is 10.1 Å². The lowest BCUT2D eigenvalue weighted by Crippen LogP contribution is -2.13. The summed E-state index contributed by atoms with van der Waals surface area (Å²) in [6.07, 6.45) is 0.0756. The molecule has 0 unspecified atom stereocenters. The highest BCUT2D eigenvalue weighted by Crippen LogP contribution is 2.19. The van der Waals surface area contributed by atoms with E-state index in [0.717, 1.165) is 17.1 Å². The normalized spacial score (nSPS) is 10.7. The first-order valence-electron chi connectivity index (χ1n) is 6.57. The number of nitrogens with zero attached hydrogens (tertiary/aromatic N) is 1. The van der Waals surface area contributed by atoms with E-state index in [1.807, 2.05) is 39.8 Å². The maximum absolute atomic E-state index is 12.2. The van der Waals surface area contributed by atoms with Crippen molar-refractivity contribution in [2.45, 2.75) is 33.8 Å². The Labute approximate surface area is 118 Å². The summed E-state index contributed by atoms with van der Waals surface area (Å²) < 4.78 is 5.59. The SMILES string of the molecule is Cc1n[nH]c(C)c1NC(=O)c1cccc(OC(C)C)c1. The highest BCUT2D eigenvalue weighted by atomic mass is 16.5. The van der Waals surface area contributed by atoms with Crippen molar-refractivity contribution in [2.75, 3.05) is 5.32 Å². The number of benzene rings is 1.